The Morgan fingerprint density at radius 1 is 1.11 bits per heavy atom. The first kappa shape index (κ1) is 14.4. The number of benzene rings is 1. The molecule has 0 aliphatic carbocycles. The van der Waals surface area contributed by atoms with Crippen molar-refractivity contribution in [3.8, 4) is 0 Å². The van der Waals surface area contributed by atoms with Gasteiger partial charge in [-0.1, -0.05) is 32.8 Å². The summed E-state index contributed by atoms with van der Waals surface area (Å²) in [5.41, 5.74) is 5.20. The Hall–Kier alpha value is -1.02. The minimum atomic E-state index is 0.451. The van der Waals surface area contributed by atoms with Gasteiger partial charge < -0.3 is 4.98 Å². The van der Waals surface area contributed by atoms with Crippen molar-refractivity contribution in [2.45, 2.75) is 58.3 Å². The van der Waals surface area contributed by atoms with E-state index in [9.17, 15) is 0 Å². The van der Waals surface area contributed by atoms with E-state index in [0.29, 0.717) is 5.88 Å². The molecule has 19 heavy (non-hydrogen) atoms. The Labute approximate surface area is 120 Å². The molecule has 0 amide bonds. The van der Waals surface area contributed by atoms with E-state index in [-0.39, 0.29) is 0 Å². The fourth-order valence-electron chi connectivity index (χ4n) is 2.53. The molecule has 0 aliphatic heterocycles. The summed E-state index contributed by atoms with van der Waals surface area (Å²) >= 11 is 5.88. The van der Waals surface area contributed by atoms with Gasteiger partial charge in [0.1, 0.15) is 5.82 Å². The van der Waals surface area contributed by atoms with Gasteiger partial charge in [-0.25, -0.2) is 4.98 Å². The average molecular weight is 279 g/mol. The third kappa shape index (κ3) is 3.30. The SMILES string of the molecule is CCCCc1ccc2nc(CCl)[nH]c2c1CCCC. The number of nitrogens with one attached hydrogen (secondary N) is 1. The van der Waals surface area contributed by atoms with Crippen LogP contribution in [0.15, 0.2) is 12.1 Å². The number of rotatable bonds is 7. The summed E-state index contributed by atoms with van der Waals surface area (Å²) in [7, 11) is 0. The second-order valence-electron chi connectivity index (χ2n) is 5.12. The molecule has 0 unspecified atom stereocenters. The Morgan fingerprint density at radius 3 is 2.53 bits per heavy atom. The predicted molar refractivity (Wildman–Crippen MR) is 82.9 cm³/mol. The number of aromatic nitrogens is 2. The van der Waals surface area contributed by atoms with E-state index in [1.165, 1.54) is 48.7 Å². The van der Waals surface area contributed by atoms with Crippen LogP contribution in [0.5, 0.6) is 0 Å². The van der Waals surface area contributed by atoms with Crippen LogP contribution < -0.4 is 0 Å². The van der Waals surface area contributed by atoms with Gasteiger partial charge in [-0.2, -0.15) is 0 Å². The monoisotopic (exact) mass is 278 g/mol. The van der Waals surface area contributed by atoms with Crippen molar-refractivity contribution in [2.75, 3.05) is 0 Å². The van der Waals surface area contributed by atoms with Gasteiger partial charge in [0.05, 0.1) is 16.9 Å². The molecule has 1 heterocycles. The van der Waals surface area contributed by atoms with Gasteiger partial charge >= 0.3 is 0 Å². The highest BCUT2D eigenvalue weighted by molar-refractivity contribution is 6.16. The highest BCUT2D eigenvalue weighted by Crippen LogP contribution is 2.24. The molecule has 2 nitrogen and oxygen atoms in total. The van der Waals surface area contributed by atoms with Crippen molar-refractivity contribution in [1.82, 2.24) is 9.97 Å². The Balaban J connectivity index is 2.42. The number of aromatic amines is 1. The lowest BCUT2D eigenvalue weighted by Gasteiger charge is -2.10. The third-order valence-corrected chi connectivity index (χ3v) is 3.87. The van der Waals surface area contributed by atoms with Gasteiger partial charge in [-0.15, -0.1) is 11.6 Å². The first-order chi connectivity index (χ1) is 9.30. The minimum absolute atomic E-state index is 0.451. The smallest absolute Gasteiger partial charge is 0.122 e. The highest BCUT2D eigenvalue weighted by Gasteiger charge is 2.11. The Morgan fingerprint density at radius 2 is 1.84 bits per heavy atom. The largest absolute Gasteiger partial charge is 0.341 e. The maximum absolute atomic E-state index is 5.88. The van der Waals surface area contributed by atoms with E-state index < -0.39 is 0 Å². The molecule has 1 aromatic carbocycles. The lowest BCUT2D eigenvalue weighted by atomic mass is 9.96. The molecular formula is C16H23ClN2. The lowest BCUT2D eigenvalue weighted by Crippen LogP contribution is -1.96. The minimum Gasteiger partial charge on any atom is -0.341 e. The maximum atomic E-state index is 5.88. The van der Waals surface area contributed by atoms with Crippen LogP contribution in [0.2, 0.25) is 0 Å². The number of halogens is 1. The van der Waals surface area contributed by atoms with Crippen LogP contribution in [0, 0.1) is 0 Å². The fourth-order valence-corrected chi connectivity index (χ4v) is 2.66. The number of unbranched alkanes of at least 4 members (excludes halogenated alkanes) is 2. The van der Waals surface area contributed by atoms with Crippen molar-refractivity contribution in [2.24, 2.45) is 0 Å². The number of hydrogen-bond acceptors (Lipinski definition) is 1. The first-order valence-electron chi connectivity index (χ1n) is 7.35. The number of imidazole rings is 1. The van der Waals surface area contributed by atoms with Crippen molar-refractivity contribution in [3.05, 3.63) is 29.1 Å². The zero-order chi connectivity index (χ0) is 13.7. The van der Waals surface area contributed by atoms with E-state index >= 15 is 0 Å². The molecule has 0 aliphatic rings. The zero-order valence-corrected chi connectivity index (χ0v) is 12.7. The molecule has 0 radical (unpaired) electrons. The summed E-state index contributed by atoms with van der Waals surface area (Å²) in [6.45, 7) is 4.48. The molecule has 0 atom stereocenters. The van der Waals surface area contributed by atoms with Crippen LogP contribution in [-0.2, 0) is 18.7 Å². The molecule has 104 valence electrons. The highest BCUT2D eigenvalue weighted by atomic mass is 35.5. The van der Waals surface area contributed by atoms with E-state index in [0.717, 1.165) is 17.8 Å². The van der Waals surface area contributed by atoms with Gasteiger partial charge in [-0.3, -0.25) is 0 Å². The number of H-pyrrole nitrogens is 1. The number of hydrogen-bond donors (Lipinski definition) is 1. The molecule has 0 bridgehead atoms. The molecular weight excluding hydrogens is 256 g/mol. The molecule has 2 rings (SSSR count). The summed E-state index contributed by atoms with van der Waals surface area (Å²) in [5, 5.41) is 0. The number of fused-ring (bicyclic) bond motifs is 1. The fraction of sp³-hybridized carbons (Fsp3) is 0.562. The summed E-state index contributed by atoms with van der Waals surface area (Å²) in [4.78, 5) is 7.93. The number of alkyl halides is 1. The van der Waals surface area contributed by atoms with Crippen LogP contribution >= 0.6 is 11.6 Å². The zero-order valence-electron chi connectivity index (χ0n) is 11.9. The molecule has 1 N–H and O–H groups in total. The van der Waals surface area contributed by atoms with Crippen LogP contribution in [-0.4, -0.2) is 9.97 Å². The quantitative estimate of drug-likeness (QED) is 0.711. The Bertz CT molecular complexity index is 531. The molecule has 0 saturated heterocycles. The predicted octanol–water partition coefficient (Wildman–Crippen LogP) is 4.99. The third-order valence-electron chi connectivity index (χ3n) is 3.62. The second kappa shape index (κ2) is 6.95. The standard InChI is InChI=1S/C16H23ClN2/c1-3-5-7-12-9-10-14-16(13(12)8-6-4-2)19-15(11-17)18-14/h9-10H,3-8,11H2,1-2H3,(H,18,19). The van der Waals surface area contributed by atoms with E-state index in [2.05, 4.69) is 35.9 Å². The second-order valence-corrected chi connectivity index (χ2v) is 5.39. The first-order valence-corrected chi connectivity index (χ1v) is 7.88. The van der Waals surface area contributed by atoms with Crippen molar-refractivity contribution < 1.29 is 0 Å². The van der Waals surface area contributed by atoms with Gasteiger partial charge in [0.15, 0.2) is 0 Å². The van der Waals surface area contributed by atoms with Gasteiger partial charge in [-0.05, 0) is 42.9 Å². The molecule has 0 spiro atoms. The molecule has 3 heteroatoms. The van der Waals surface area contributed by atoms with Gasteiger partial charge in [0.25, 0.3) is 0 Å². The maximum Gasteiger partial charge on any atom is 0.122 e. The molecule has 1 aromatic heterocycles. The normalized spacial score (nSPS) is 11.3. The van der Waals surface area contributed by atoms with Gasteiger partial charge in [0.2, 0.25) is 0 Å². The molecule has 0 saturated carbocycles. The van der Waals surface area contributed by atoms with Crippen molar-refractivity contribution in [1.29, 1.82) is 0 Å². The van der Waals surface area contributed by atoms with E-state index in [4.69, 9.17) is 11.6 Å². The van der Waals surface area contributed by atoms with E-state index in [1.807, 2.05) is 0 Å². The topological polar surface area (TPSA) is 28.7 Å². The van der Waals surface area contributed by atoms with Crippen LogP contribution in [0.3, 0.4) is 0 Å². The lowest BCUT2D eigenvalue weighted by molar-refractivity contribution is 0.761. The number of aryl methyl sites for hydroxylation is 2. The summed E-state index contributed by atoms with van der Waals surface area (Å²) in [6.07, 6.45) is 7.24. The summed E-state index contributed by atoms with van der Waals surface area (Å²) in [6, 6.07) is 4.38. The summed E-state index contributed by atoms with van der Waals surface area (Å²) < 4.78 is 0. The molecule has 2 aromatic rings. The average Bonchev–Trinajstić information content (AvgIpc) is 2.86. The number of nitrogens with zero attached hydrogens (tertiary/aromatic N) is 1. The summed E-state index contributed by atoms with van der Waals surface area (Å²) in [5.74, 6) is 1.33. The van der Waals surface area contributed by atoms with Crippen molar-refractivity contribution >= 4 is 22.6 Å². The van der Waals surface area contributed by atoms with E-state index in [1.54, 1.807) is 0 Å². The Kier molecular flexibility index (Phi) is 5.26. The van der Waals surface area contributed by atoms with Crippen LogP contribution in [0.25, 0.3) is 11.0 Å². The van der Waals surface area contributed by atoms with Crippen LogP contribution in [0.1, 0.15) is 56.5 Å². The van der Waals surface area contributed by atoms with Crippen LogP contribution in [0.4, 0.5) is 0 Å². The van der Waals surface area contributed by atoms with Crippen molar-refractivity contribution in [3.63, 3.8) is 0 Å². The molecule has 0 fully saturated rings. The van der Waals surface area contributed by atoms with Gasteiger partial charge in [0, 0.05) is 0 Å².